The predicted octanol–water partition coefficient (Wildman–Crippen LogP) is 2.98. The first-order valence-electron chi connectivity index (χ1n) is 6.25. The number of carbonyl (C=O) groups excluding carboxylic acids is 1. The number of nitrogens with zero attached hydrogens (tertiary/aromatic N) is 1. The van der Waals surface area contributed by atoms with Gasteiger partial charge in [0.05, 0.1) is 12.0 Å². The molecular formula is C15H19FN2O. The van der Waals surface area contributed by atoms with Gasteiger partial charge in [0.25, 0.3) is 0 Å². The molecule has 19 heavy (non-hydrogen) atoms. The number of carbonyl (C=O) groups is 1. The first-order valence-corrected chi connectivity index (χ1v) is 6.25. The molecular weight excluding hydrogens is 243 g/mol. The molecule has 0 fully saturated rings. The molecule has 0 aliphatic heterocycles. The van der Waals surface area contributed by atoms with E-state index < -0.39 is 11.5 Å². The Labute approximate surface area is 113 Å². The van der Waals surface area contributed by atoms with Crippen LogP contribution in [0.25, 0.3) is 0 Å². The molecule has 0 spiro atoms. The lowest BCUT2D eigenvalue weighted by molar-refractivity contribution is -0.124. The Balaban J connectivity index is 2.99. The van der Waals surface area contributed by atoms with E-state index in [0.29, 0.717) is 0 Å². The maximum Gasteiger partial charge on any atom is 0.229 e. The van der Waals surface area contributed by atoms with Crippen molar-refractivity contribution in [3.63, 3.8) is 0 Å². The average Bonchev–Trinajstić information content (AvgIpc) is 2.31. The second-order valence-corrected chi connectivity index (χ2v) is 5.50. The van der Waals surface area contributed by atoms with Crippen LogP contribution in [-0.4, -0.2) is 11.4 Å². The van der Waals surface area contributed by atoms with Crippen LogP contribution >= 0.6 is 0 Å². The maximum absolute atomic E-state index is 12.9. The quantitative estimate of drug-likeness (QED) is 0.907. The summed E-state index contributed by atoms with van der Waals surface area (Å²) in [5.41, 5.74) is -0.160. The standard InChI is InChI=1S/C15H19FN2O/c1-10(2)13(11-5-7-12(16)8-6-11)14(19)18-15(3,4)9-17/h5-8,10,13H,1-4H3,(H,18,19). The molecule has 1 aromatic carbocycles. The van der Waals surface area contributed by atoms with E-state index in [-0.39, 0.29) is 17.6 Å². The summed E-state index contributed by atoms with van der Waals surface area (Å²) in [6, 6.07) is 7.94. The van der Waals surface area contributed by atoms with Crippen LogP contribution in [0.1, 0.15) is 39.2 Å². The molecule has 102 valence electrons. The molecule has 0 saturated heterocycles. The minimum Gasteiger partial charge on any atom is -0.338 e. The van der Waals surface area contributed by atoms with Gasteiger partial charge in [-0.25, -0.2) is 4.39 Å². The molecule has 1 N–H and O–H groups in total. The lowest BCUT2D eigenvalue weighted by Crippen LogP contribution is -2.45. The summed E-state index contributed by atoms with van der Waals surface area (Å²) in [6.07, 6.45) is 0. The number of benzene rings is 1. The van der Waals surface area contributed by atoms with Gasteiger partial charge in [0.15, 0.2) is 0 Å². The fraction of sp³-hybridized carbons (Fsp3) is 0.467. The summed E-state index contributed by atoms with van der Waals surface area (Å²) < 4.78 is 12.9. The Kier molecular flexibility index (Phi) is 4.66. The van der Waals surface area contributed by atoms with Gasteiger partial charge in [-0.1, -0.05) is 26.0 Å². The zero-order valence-electron chi connectivity index (χ0n) is 11.7. The van der Waals surface area contributed by atoms with Crippen molar-refractivity contribution in [3.8, 4) is 6.07 Å². The van der Waals surface area contributed by atoms with Gasteiger partial charge in [0, 0.05) is 0 Å². The Morgan fingerprint density at radius 1 is 1.32 bits per heavy atom. The highest BCUT2D eigenvalue weighted by Gasteiger charge is 2.28. The van der Waals surface area contributed by atoms with E-state index in [9.17, 15) is 9.18 Å². The lowest BCUT2D eigenvalue weighted by Gasteiger charge is -2.25. The fourth-order valence-electron chi connectivity index (χ4n) is 1.92. The number of hydrogen-bond acceptors (Lipinski definition) is 2. The Morgan fingerprint density at radius 2 is 1.84 bits per heavy atom. The SMILES string of the molecule is CC(C)C(C(=O)NC(C)(C)C#N)c1ccc(F)cc1. The van der Waals surface area contributed by atoms with Gasteiger partial charge in [-0.2, -0.15) is 5.26 Å². The van der Waals surface area contributed by atoms with Crippen LogP contribution in [0.4, 0.5) is 4.39 Å². The van der Waals surface area contributed by atoms with Crippen LogP contribution in [0.5, 0.6) is 0 Å². The van der Waals surface area contributed by atoms with Gasteiger partial charge < -0.3 is 5.32 Å². The van der Waals surface area contributed by atoms with Crippen molar-refractivity contribution in [3.05, 3.63) is 35.6 Å². The molecule has 0 aliphatic rings. The number of nitrogens with one attached hydrogen (secondary N) is 1. The molecule has 0 radical (unpaired) electrons. The molecule has 1 aromatic rings. The molecule has 1 rings (SSSR count). The summed E-state index contributed by atoms with van der Waals surface area (Å²) in [4.78, 5) is 12.3. The summed E-state index contributed by atoms with van der Waals surface area (Å²) in [5, 5.41) is 11.7. The Morgan fingerprint density at radius 3 is 2.26 bits per heavy atom. The van der Waals surface area contributed by atoms with Crippen LogP contribution in [0, 0.1) is 23.1 Å². The van der Waals surface area contributed by atoms with E-state index in [0.717, 1.165) is 5.56 Å². The second-order valence-electron chi connectivity index (χ2n) is 5.50. The normalized spacial score (nSPS) is 12.9. The van der Waals surface area contributed by atoms with E-state index in [2.05, 4.69) is 5.32 Å². The number of nitriles is 1. The van der Waals surface area contributed by atoms with Crippen molar-refractivity contribution >= 4 is 5.91 Å². The summed E-state index contributed by atoms with van der Waals surface area (Å²) in [6.45, 7) is 7.14. The number of rotatable bonds is 4. The zero-order chi connectivity index (χ0) is 14.6. The van der Waals surface area contributed by atoms with Crippen LogP contribution in [0.2, 0.25) is 0 Å². The number of hydrogen-bond donors (Lipinski definition) is 1. The Hall–Kier alpha value is -1.89. The van der Waals surface area contributed by atoms with Gasteiger partial charge in [0.2, 0.25) is 5.91 Å². The minimum absolute atomic E-state index is 0.0555. The third-order valence-electron chi connectivity index (χ3n) is 2.89. The molecule has 0 bridgehead atoms. The number of amides is 1. The second kappa shape index (κ2) is 5.83. The third kappa shape index (κ3) is 4.06. The monoisotopic (exact) mass is 262 g/mol. The first kappa shape index (κ1) is 15.2. The van der Waals surface area contributed by atoms with Crippen molar-refractivity contribution in [2.45, 2.75) is 39.2 Å². The van der Waals surface area contributed by atoms with Gasteiger partial charge in [-0.05, 0) is 37.5 Å². The summed E-state index contributed by atoms with van der Waals surface area (Å²) in [7, 11) is 0. The van der Waals surface area contributed by atoms with Crippen molar-refractivity contribution in [1.82, 2.24) is 5.32 Å². The fourth-order valence-corrected chi connectivity index (χ4v) is 1.92. The van der Waals surface area contributed by atoms with Gasteiger partial charge >= 0.3 is 0 Å². The van der Waals surface area contributed by atoms with Crippen molar-refractivity contribution in [1.29, 1.82) is 5.26 Å². The van der Waals surface area contributed by atoms with Crippen molar-refractivity contribution in [2.24, 2.45) is 5.92 Å². The summed E-state index contributed by atoms with van der Waals surface area (Å²) >= 11 is 0. The lowest BCUT2D eigenvalue weighted by atomic mass is 9.87. The zero-order valence-corrected chi connectivity index (χ0v) is 11.7. The number of halogens is 1. The van der Waals surface area contributed by atoms with Gasteiger partial charge in [-0.3, -0.25) is 4.79 Å². The maximum atomic E-state index is 12.9. The molecule has 0 aromatic heterocycles. The largest absolute Gasteiger partial charge is 0.338 e. The van der Waals surface area contributed by atoms with Gasteiger partial charge in [-0.15, -0.1) is 0 Å². The third-order valence-corrected chi connectivity index (χ3v) is 2.89. The smallest absolute Gasteiger partial charge is 0.229 e. The molecule has 1 unspecified atom stereocenters. The van der Waals surface area contributed by atoms with Gasteiger partial charge in [0.1, 0.15) is 11.4 Å². The molecule has 0 aliphatic carbocycles. The van der Waals surface area contributed by atoms with Crippen LogP contribution in [0.15, 0.2) is 24.3 Å². The highest BCUT2D eigenvalue weighted by atomic mass is 19.1. The van der Waals surface area contributed by atoms with E-state index in [1.807, 2.05) is 19.9 Å². The van der Waals surface area contributed by atoms with Crippen molar-refractivity contribution in [2.75, 3.05) is 0 Å². The van der Waals surface area contributed by atoms with Crippen LogP contribution in [-0.2, 0) is 4.79 Å². The Bertz CT molecular complexity index is 486. The molecule has 3 nitrogen and oxygen atoms in total. The van der Waals surface area contributed by atoms with Crippen molar-refractivity contribution < 1.29 is 9.18 Å². The van der Waals surface area contributed by atoms with E-state index in [1.165, 1.54) is 12.1 Å². The topological polar surface area (TPSA) is 52.9 Å². The molecule has 1 atom stereocenters. The molecule has 0 heterocycles. The molecule has 4 heteroatoms. The predicted molar refractivity (Wildman–Crippen MR) is 71.8 cm³/mol. The van der Waals surface area contributed by atoms with E-state index in [1.54, 1.807) is 26.0 Å². The highest BCUT2D eigenvalue weighted by Crippen LogP contribution is 2.25. The average molecular weight is 262 g/mol. The molecule has 0 saturated carbocycles. The minimum atomic E-state index is -0.912. The van der Waals surface area contributed by atoms with E-state index in [4.69, 9.17) is 5.26 Å². The van der Waals surface area contributed by atoms with Crippen LogP contribution < -0.4 is 5.32 Å². The highest BCUT2D eigenvalue weighted by molar-refractivity contribution is 5.84. The van der Waals surface area contributed by atoms with E-state index >= 15 is 0 Å². The molecule has 1 amide bonds. The van der Waals surface area contributed by atoms with Crippen LogP contribution in [0.3, 0.4) is 0 Å². The first-order chi connectivity index (χ1) is 8.76. The summed E-state index contributed by atoms with van der Waals surface area (Å²) in [5.74, 6) is -0.884.